The Morgan fingerprint density at radius 2 is 1.43 bits per heavy atom. The third-order valence-corrected chi connectivity index (χ3v) is 9.14. The molecule has 2 aliphatic heterocycles. The van der Waals surface area contributed by atoms with E-state index in [1.54, 1.807) is 7.11 Å². The summed E-state index contributed by atoms with van der Waals surface area (Å²) in [5.41, 5.74) is 6.41. The highest BCUT2D eigenvalue weighted by molar-refractivity contribution is 5.46. The van der Waals surface area contributed by atoms with E-state index in [1.165, 1.54) is 5.56 Å². The van der Waals surface area contributed by atoms with Gasteiger partial charge in [0.1, 0.15) is 19.3 Å². The Morgan fingerprint density at radius 3 is 2.09 bits per heavy atom. The van der Waals surface area contributed by atoms with Crippen LogP contribution in [0, 0.1) is 5.92 Å². The van der Waals surface area contributed by atoms with Crippen molar-refractivity contribution in [3.8, 4) is 11.5 Å². The van der Waals surface area contributed by atoms with Crippen LogP contribution in [0.5, 0.6) is 11.5 Å². The number of benzene rings is 4. The lowest BCUT2D eigenvalue weighted by atomic mass is 9.82. The van der Waals surface area contributed by atoms with Crippen molar-refractivity contribution >= 4 is 0 Å². The van der Waals surface area contributed by atoms with Gasteiger partial charge in [-0.15, -0.1) is 0 Å². The lowest BCUT2D eigenvalue weighted by Gasteiger charge is -2.51. The second kappa shape index (κ2) is 14.8. The molecule has 4 aromatic rings. The molecule has 1 fully saturated rings. The maximum atomic E-state index is 10.6. The fourth-order valence-electron chi connectivity index (χ4n) is 6.56. The molecule has 4 aromatic carbocycles. The minimum Gasteiger partial charge on any atom is -0.486 e. The molecule has 0 spiro atoms. The number of methoxy groups -OCH3 is 1. The summed E-state index contributed by atoms with van der Waals surface area (Å²) in [6.07, 6.45) is -0.0646. The van der Waals surface area contributed by atoms with Gasteiger partial charge in [0, 0.05) is 18.6 Å². The number of ether oxygens (including phenoxy) is 6. The molecule has 0 aliphatic carbocycles. The summed E-state index contributed by atoms with van der Waals surface area (Å²) in [6.45, 7) is 5.87. The highest BCUT2D eigenvalue weighted by Gasteiger charge is 2.56. The molecule has 0 amide bonds. The summed E-state index contributed by atoms with van der Waals surface area (Å²) >= 11 is 0. The normalized spacial score (nSPS) is 24.1. The average Bonchev–Trinajstić information content (AvgIpc) is 3.11. The van der Waals surface area contributed by atoms with Gasteiger partial charge >= 0.3 is 0 Å². The summed E-state index contributed by atoms with van der Waals surface area (Å²) < 4.78 is 38.3. The van der Waals surface area contributed by atoms with Crippen molar-refractivity contribution in [2.75, 3.05) is 26.9 Å². The third-order valence-electron chi connectivity index (χ3n) is 9.14. The Hall–Kier alpha value is -3.72. The van der Waals surface area contributed by atoms with Crippen molar-refractivity contribution in [1.29, 1.82) is 0 Å². The van der Waals surface area contributed by atoms with Gasteiger partial charge in [0.2, 0.25) is 5.79 Å². The van der Waals surface area contributed by atoms with Crippen LogP contribution in [-0.4, -0.2) is 50.3 Å². The fourth-order valence-corrected chi connectivity index (χ4v) is 6.56. The zero-order valence-electron chi connectivity index (χ0n) is 26.9. The molecule has 1 saturated heterocycles. The van der Waals surface area contributed by atoms with E-state index in [1.807, 2.05) is 73.7 Å². The molecular weight excluding hydrogens is 580 g/mol. The van der Waals surface area contributed by atoms with Crippen LogP contribution < -0.4 is 9.47 Å². The standard InChI is InChI=1S/C39H44O7/c1-4-31-16-17-33(23-32(31)21-30-15-18-34-35(22-30)43-20-19-42-34)39(41-3)38(45-26-29-13-9-6-10-14-29)37(27(2)36(24-40)46-39)44-25-28-11-7-5-8-12-28/h5-18,22-23,27,36-38,40H,4,19-21,24-26H2,1-3H3/t27-,36-,37+,38-,39?/m1/s1. The van der Waals surface area contributed by atoms with Gasteiger partial charge in [-0.2, -0.15) is 0 Å². The summed E-state index contributed by atoms with van der Waals surface area (Å²) in [5, 5.41) is 10.6. The van der Waals surface area contributed by atoms with E-state index in [2.05, 4.69) is 37.3 Å². The molecule has 2 heterocycles. The van der Waals surface area contributed by atoms with E-state index in [-0.39, 0.29) is 12.5 Å². The van der Waals surface area contributed by atoms with Crippen LogP contribution in [0.25, 0.3) is 0 Å². The Bertz CT molecular complexity index is 1560. The molecule has 0 bridgehead atoms. The number of hydrogen-bond acceptors (Lipinski definition) is 7. The molecule has 2 aliphatic rings. The quantitative estimate of drug-likeness (QED) is 0.190. The highest BCUT2D eigenvalue weighted by Crippen LogP contribution is 2.45. The van der Waals surface area contributed by atoms with Gasteiger partial charge in [0.25, 0.3) is 0 Å². The third kappa shape index (κ3) is 6.85. The Morgan fingerprint density at radius 1 is 0.761 bits per heavy atom. The summed E-state index contributed by atoms with van der Waals surface area (Å²) in [5.74, 6) is 0.0287. The number of hydrogen-bond donors (Lipinski definition) is 1. The van der Waals surface area contributed by atoms with E-state index in [0.29, 0.717) is 32.8 Å². The largest absolute Gasteiger partial charge is 0.486 e. The van der Waals surface area contributed by atoms with Gasteiger partial charge < -0.3 is 33.5 Å². The van der Waals surface area contributed by atoms with Crippen molar-refractivity contribution in [1.82, 2.24) is 0 Å². The summed E-state index contributed by atoms with van der Waals surface area (Å²) in [7, 11) is 1.64. The van der Waals surface area contributed by atoms with Gasteiger partial charge in [0.05, 0.1) is 32.0 Å². The van der Waals surface area contributed by atoms with Crippen LogP contribution in [0.4, 0.5) is 0 Å². The summed E-state index contributed by atoms with van der Waals surface area (Å²) in [4.78, 5) is 0. The van der Waals surface area contributed by atoms with E-state index >= 15 is 0 Å². The van der Waals surface area contributed by atoms with Crippen LogP contribution in [0.1, 0.15) is 47.2 Å². The molecule has 242 valence electrons. The van der Waals surface area contributed by atoms with Gasteiger partial charge in [-0.3, -0.25) is 0 Å². The van der Waals surface area contributed by atoms with Crippen molar-refractivity contribution in [3.05, 3.63) is 130 Å². The van der Waals surface area contributed by atoms with Crippen LogP contribution in [0.15, 0.2) is 97.1 Å². The fraction of sp³-hybridized carbons (Fsp3) is 0.385. The van der Waals surface area contributed by atoms with E-state index < -0.39 is 24.1 Å². The van der Waals surface area contributed by atoms with Crippen LogP contribution >= 0.6 is 0 Å². The minimum absolute atomic E-state index is 0.176. The molecule has 5 atom stereocenters. The monoisotopic (exact) mass is 624 g/mol. The molecule has 7 heteroatoms. The van der Waals surface area contributed by atoms with Crippen molar-refractivity contribution in [2.45, 2.75) is 64.0 Å². The first-order valence-corrected chi connectivity index (χ1v) is 16.2. The maximum Gasteiger partial charge on any atom is 0.224 e. The first-order chi connectivity index (χ1) is 22.5. The molecule has 0 radical (unpaired) electrons. The first-order valence-electron chi connectivity index (χ1n) is 16.2. The topological polar surface area (TPSA) is 75.6 Å². The second-order valence-corrected chi connectivity index (χ2v) is 12.0. The van der Waals surface area contributed by atoms with Crippen molar-refractivity contribution in [2.24, 2.45) is 5.92 Å². The van der Waals surface area contributed by atoms with Gasteiger partial charge in [-0.25, -0.2) is 0 Å². The Kier molecular flexibility index (Phi) is 10.4. The molecule has 6 rings (SSSR count). The minimum atomic E-state index is -1.34. The van der Waals surface area contributed by atoms with Crippen molar-refractivity contribution in [3.63, 3.8) is 0 Å². The lowest BCUT2D eigenvalue weighted by molar-refractivity contribution is -0.372. The highest BCUT2D eigenvalue weighted by atomic mass is 16.7. The van der Waals surface area contributed by atoms with Gasteiger partial charge in [-0.1, -0.05) is 92.7 Å². The Balaban J connectivity index is 1.39. The average molecular weight is 625 g/mol. The maximum absolute atomic E-state index is 10.6. The molecule has 7 nitrogen and oxygen atoms in total. The Labute approximate surface area is 272 Å². The number of rotatable bonds is 12. The van der Waals surface area contributed by atoms with E-state index in [9.17, 15) is 5.11 Å². The number of aliphatic hydroxyl groups excluding tert-OH is 1. The van der Waals surface area contributed by atoms with E-state index in [0.717, 1.165) is 45.7 Å². The predicted molar refractivity (Wildman–Crippen MR) is 176 cm³/mol. The van der Waals surface area contributed by atoms with E-state index in [4.69, 9.17) is 28.4 Å². The van der Waals surface area contributed by atoms with Crippen molar-refractivity contribution < 1.29 is 33.5 Å². The second-order valence-electron chi connectivity index (χ2n) is 12.0. The predicted octanol–water partition coefficient (Wildman–Crippen LogP) is 6.61. The molecule has 0 aromatic heterocycles. The molecule has 46 heavy (non-hydrogen) atoms. The molecule has 1 unspecified atom stereocenters. The van der Waals surface area contributed by atoms with Crippen LogP contribution in [0.2, 0.25) is 0 Å². The molecule has 0 saturated carbocycles. The summed E-state index contributed by atoms with van der Waals surface area (Å²) in [6, 6.07) is 32.7. The molecular formula is C39H44O7. The number of aliphatic hydroxyl groups is 1. The van der Waals surface area contributed by atoms with Gasteiger partial charge in [0.15, 0.2) is 11.5 Å². The smallest absolute Gasteiger partial charge is 0.224 e. The van der Waals surface area contributed by atoms with Crippen LogP contribution in [-0.2, 0) is 50.8 Å². The number of aryl methyl sites for hydroxylation is 1. The first kappa shape index (κ1) is 32.2. The SMILES string of the molecule is CCc1ccc(C2(OC)O[C@H](CO)[C@@H](C)[C@H](OCc3ccccc3)[C@H]2OCc2ccccc2)cc1Cc1ccc2c(c1)OCCO2. The van der Waals surface area contributed by atoms with Crippen LogP contribution in [0.3, 0.4) is 0 Å². The molecule has 1 N–H and O–H groups in total. The lowest BCUT2D eigenvalue weighted by Crippen LogP contribution is -2.62. The van der Waals surface area contributed by atoms with Gasteiger partial charge in [-0.05, 0) is 58.9 Å². The number of fused-ring (bicyclic) bond motifs is 1. The zero-order valence-corrected chi connectivity index (χ0v) is 26.9. The zero-order chi connectivity index (χ0) is 31.9.